The maximum absolute atomic E-state index is 12.2. The summed E-state index contributed by atoms with van der Waals surface area (Å²) in [5.41, 5.74) is 2.39. The molecule has 0 spiro atoms. The molecule has 2 heterocycles. The van der Waals surface area contributed by atoms with Gasteiger partial charge in [0.1, 0.15) is 0 Å². The Kier molecular flexibility index (Phi) is 5.26. The third kappa shape index (κ3) is 3.88. The molecule has 0 saturated carbocycles. The lowest BCUT2D eigenvalue weighted by Gasteiger charge is -2.16. The van der Waals surface area contributed by atoms with Crippen LogP contribution in [0.15, 0.2) is 42.7 Å². The molecule has 1 aromatic carbocycles. The van der Waals surface area contributed by atoms with E-state index in [1.807, 2.05) is 6.07 Å². The fourth-order valence-electron chi connectivity index (χ4n) is 2.80. The highest BCUT2D eigenvalue weighted by molar-refractivity contribution is 5.96. The number of benzene rings is 1. The van der Waals surface area contributed by atoms with Gasteiger partial charge < -0.3 is 15.0 Å². The number of aromatic nitrogens is 1. The van der Waals surface area contributed by atoms with Crippen molar-refractivity contribution in [1.29, 1.82) is 0 Å². The van der Waals surface area contributed by atoms with E-state index in [9.17, 15) is 14.4 Å². The first kappa shape index (κ1) is 17.6. The van der Waals surface area contributed by atoms with Crippen LogP contribution in [-0.4, -0.2) is 36.4 Å². The molecule has 1 fully saturated rings. The van der Waals surface area contributed by atoms with Gasteiger partial charge in [0, 0.05) is 31.3 Å². The average molecular weight is 353 g/mol. The number of nitrogens with zero attached hydrogens (tertiary/aromatic N) is 2. The summed E-state index contributed by atoms with van der Waals surface area (Å²) in [6.45, 7) is 0.989. The molecule has 7 heteroatoms. The molecule has 1 aliphatic heterocycles. The molecule has 134 valence electrons. The number of hydrogen-bond acceptors (Lipinski definition) is 5. The Labute approximate surface area is 151 Å². The van der Waals surface area contributed by atoms with E-state index in [0.29, 0.717) is 30.6 Å². The highest BCUT2D eigenvalue weighted by Crippen LogP contribution is 2.21. The van der Waals surface area contributed by atoms with Crippen molar-refractivity contribution in [3.05, 3.63) is 59.4 Å². The molecular formula is C19H19N3O4. The SMILES string of the molecule is COC(=O)c1ccc(C(=O)NCc2cncc(N3CCCC3=O)c2)cc1. The third-order valence-electron chi connectivity index (χ3n) is 4.19. The Balaban J connectivity index is 1.62. The predicted octanol–water partition coefficient (Wildman–Crippen LogP) is 1.93. The lowest BCUT2D eigenvalue weighted by atomic mass is 10.1. The highest BCUT2D eigenvalue weighted by atomic mass is 16.5. The number of hydrogen-bond donors (Lipinski definition) is 1. The Bertz CT molecular complexity index is 833. The number of ether oxygens (including phenoxy) is 1. The quantitative estimate of drug-likeness (QED) is 0.830. The molecule has 0 atom stereocenters. The van der Waals surface area contributed by atoms with Gasteiger partial charge in [-0.25, -0.2) is 4.79 Å². The number of anilines is 1. The second-order valence-electron chi connectivity index (χ2n) is 5.95. The molecule has 3 rings (SSSR count). The summed E-state index contributed by atoms with van der Waals surface area (Å²) >= 11 is 0. The first-order chi connectivity index (χ1) is 12.6. The van der Waals surface area contributed by atoms with E-state index >= 15 is 0 Å². The van der Waals surface area contributed by atoms with Crippen LogP contribution in [-0.2, 0) is 16.1 Å². The molecule has 26 heavy (non-hydrogen) atoms. The van der Waals surface area contributed by atoms with Crippen LogP contribution in [0.2, 0.25) is 0 Å². The third-order valence-corrected chi connectivity index (χ3v) is 4.19. The van der Waals surface area contributed by atoms with Crippen LogP contribution >= 0.6 is 0 Å². The summed E-state index contributed by atoms with van der Waals surface area (Å²) in [5, 5.41) is 2.81. The van der Waals surface area contributed by atoms with Crippen molar-refractivity contribution < 1.29 is 19.1 Å². The van der Waals surface area contributed by atoms with Crippen LogP contribution in [0.1, 0.15) is 39.1 Å². The second-order valence-corrected chi connectivity index (χ2v) is 5.95. The minimum atomic E-state index is -0.448. The van der Waals surface area contributed by atoms with E-state index in [4.69, 9.17) is 0 Å². The molecule has 0 bridgehead atoms. The summed E-state index contributed by atoms with van der Waals surface area (Å²) < 4.78 is 4.63. The normalized spacial score (nSPS) is 13.6. The number of carbonyl (C=O) groups excluding carboxylic acids is 3. The van der Waals surface area contributed by atoms with Crippen molar-refractivity contribution in [2.75, 3.05) is 18.6 Å². The van der Waals surface area contributed by atoms with Gasteiger partial charge in [0.05, 0.1) is 24.6 Å². The van der Waals surface area contributed by atoms with Crippen molar-refractivity contribution in [2.24, 2.45) is 0 Å². The number of rotatable bonds is 5. The maximum Gasteiger partial charge on any atom is 0.337 e. The Morgan fingerprint density at radius 1 is 1.19 bits per heavy atom. The van der Waals surface area contributed by atoms with Gasteiger partial charge in [-0.1, -0.05) is 0 Å². The Morgan fingerprint density at radius 3 is 2.58 bits per heavy atom. The summed E-state index contributed by atoms with van der Waals surface area (Å²) in [7, 11) is 1.31. The van der Waals surface area contributed by atoms with Crippen molar-refractivity contribution in [3.8, 4) is 0 Å². The van der Waals surface area contributed by atoms with Crippen LogP contribution in [0.3, 0.4) is 0 Å². The number of carbonyl (C=O) groups is 3. The van der Waals surface area contributed by atoms with Gasteiger partial charge in [-0.2, -0.15) is 0 Å². The number of methoxy groups -OCH3 is 1. The molecule has 0 unspecified atom stereocenters. The largest absolute Gasteiger partial charge is 0.465 e. The topological polar surface area (TPSA) is 88.6 Å². The monoisotopic (exact) mass is 353 g/mol. The van der Waals surface area contributed by atoms with Crippen LogP contribution in [0.5, 0.6) is 0 Å². The van der Waals surface area contributed by atoms with E-state index in [1.165, 1.54) is 7.11 Å². The number of nitrogens with one attached hydrogen (secondary N) is 1. The van der Waals surface area contributed by atoms with E-state index in [1.54, 1.807) is 41.6 Å². The Morgan fingerprint density at radius 2 is 1.92 bits per heavy atom. The van der Waals surface area contributed by atoms with E-state index < -0.39 is 5.97 Å². The minimum Gasteiger partial charge on any atom is -0.465 e. The molecule has 1 N–H and O–H groups in total. The molecule has 1 aromatic heterocycles. The van der Waals surface area contributed by atoms with Crippen molar-refractivity contribution >= 4 is 23.5 Å². The number of amides is 2. The lowest BCUT2D eigenvalue weighted by molar-refractivity contribution is -0.117. The van der Waals surface area contributed by atoms with Crippen molar-refractivity contribution in [3.63, 3.8) is 0 Å². The van der Waals surface area contributed by atoms with E-state index in [2.05, 4.69) is 15.0 Å². The molecule has 1 saturated heterocycles. The van der Waals surface area contributed by atoms with E-state index in [0.717, 1.165) is 17.7 Å². The molecule has 7 nitrogen and oxygen atoms in total. The maximum atomic E-state index is 12.2. The summed E-state index contributed by atoms with van der Waals surface area (Å²) in [6, 6.07) is 8.08. The zero-order valence-electron chi connectivity index (χ0n) is 14.4. The zero-order chi connectivity index (χ0) is 18.5. The number of esters is 1. The molecule has 0 aliphatic carbocycles. The lowest BCUT2D eigenvalue weighted by Crippen LogP contribution is -2.25. The van der Waals surface area contributed by atoms with Crippen LogP contribution in [0, 0.1) is 0 Å². The fourth-order valence-corrected chi connectivity index (χ4v) is 2.80. The highest BCUT2D eigenvalue weighted by Gasteiger charge is 2.22. The van der Waals surface area contributed by atoms with Gasteiger partial charge in [-0.15, -0.1) is 0 Å². The zero-order valence-corrected chi connectivity index (χ0v) is 14.4. The van der Waals surface area contributed by atoms with Gasteiger partial charge in [0.2, 0.25) is 5.91 Å². The van der Waals surface area contributed by atoms with Crippen molar-refractivity contribution in [2.45, 2.75) is 19.4 Å². The molecule has 1 aliphatic rings. The smallest absolute Gasteiger partial charge is 0.337 e. The summed E-state index contributed by atoms with van der Waals surface area (Å²) in [6.07, 6.45) is 4.72. The average Bonchev–Trinajstić information content (AvgIpc) is 3.11. The minimum absolute atomic E-state index is 0.0960. The summed E-state index contributed by atoms with van der Waals surface area (Å²) in [4.78, 5) is 41.4. The molecule has 2 aromatic rings. The van der Waals surface area contributed by atoms with Gasteiger partial charge in [0.25, 0.3) is 5.91 Å². The van der Waals surface area contributed by atoms with Gasteiger partial charge in [0.15, 0.2) is 0 Å². The van der Waals surface area contributed by atoms with E-state index in [-0.39, 0.29) is 11.8 Å². The van der Waals surface area contributed by atoms with Crippen LogP contribution in [0.25, 0.3) is 0 Å². The van der Waals surface area contributed by atoms with Gasteiger partial charge >= 0.3 is 5.97 Å². The molecule has 0 radical (unpaired) electrons. The molecular weight excluding hydrogens is 334 g/mol. The number of pyridine rings is 1. The van der Waals surface area contributed by atoms with Crippen LogP contribution in [0.4, 0.5) is 5.69 Å². The second kappa shape index (κ2) is 7.77. The first-order valence-electron chi connectivity index (χ1n) is 8.29. The molecule has 2 amide bonds. The van der Waals surface area contributed by atoms with Crippen molar-refractivity contribution in [1.82, 2.24) is 10.3 Å². The first-order valence-corrected chi connectivity index (χ1v) is 8.29. The predicted molar refractivity (Wildman–Crippen MR) is 94.8 cm³/mol. The standard InChI is InChI=1S/C19H19N3O4/c1-26-19(25)15-6-4-14(5-7-15)18(24)21-11-13-9-16(12-20-10-13)22-8-2-3-17(22)23/h4-7,9-10,12H,2-3,8,11H2,1H3,(H,21,24). The van der Waals surface area contributed by atoms with Gasteiger partial charge in [-0.3, -0.25) is 14.6 Å². The Hall–Kier alpha value is -3.22. The fraction of sp³-hybridized carbons (Fsp3) is 0.263. The van der Waals surface area contributed by atoms with Gasteiger partial charge in [-0.05, 0) is 42.3 Å². The van der Waals surface area contributed by atoms with Crippen LogP contribution < -0.4 is 10.2 Å². The summed E-state index contributed by atoms with van der Waals surface area (Å²) in [5.74, 6) is -0.612.